The van der Waals surface area contributed by atoms with Crippen LogP contribution in [0, 0.1) is 0 Å². The van der Waals surface area contributed by atoms with Crippen LogP contribution in [0.1, 0.15) is 58.3 Å². The lowest BCUT2D eigenvalue weighted by atomic mass is 9.88. The highest BCUT2D eigenvalue weighted by molar-refractivity contribution is 8.00. The molecule has 1 N–H and O–H groups in total. The Hall–Kier alpha value is 0.310. The van der Waals surface area contributed by atoms with Gasteiger partial charge in [-0.15, -0.1) is 0 Å². The van der Waals surface area contributed by atoms with E-state index in [1.165, 1.54) is 64.5 Å². The largest absolute Gasteiger partial charge is 0.315 e. The molecular weight excluding hydrogens is 202 g/mol. The fourth-order valence-corrected chi connectivity index (χ4v) is 3.41. The van der Waals surface area contributed by atoms with Crippen LogP contribution in [-0.4, -0.2) is 24.1 Å². The fourth-order valence-electron chi connectivity index (χ4n) is 2.47. The summed E-state index contributed by atoms with van der Waals surface area (Å²) < 4.78 is 0.574. The third kappa shape index (κ3) is 4.78. The maximum Gasteiger partial charge on any atom is 0.0281 e. The van der Waals surface area contributed by atoms with Crippen molar-refractivity contribution in [3.63, 3.8) is 0 Å². The van der Waals surface area contributed by atoms with Crippen LogP contribution < -0.4 is 5.32 Å². The molecular formula is C13H27NS. The van der Waals surface area contributed by atoms with Gasteiger partial charge in [-0.2, -0.15) is 11.8 Å². The Morgan fingerprint density at radius 1 is 1.13 bits per heavy atom. The zero-order chi connectivity index (χ0) is 11.0. The molecule has 0 bridgehead atoms. The van der Waals surface area contributed by atoms with E-state index in [2.05, 4.69) is 30.3 Å². The minimum Gasteiger partial charge on any atom is -0.315 e. The third-order valence-electron chi connectivity index (χ3n) is 3.60. The van der Waals surface area contributed by atoms with Crippen molar-refractivity contribution in [1.82, 2.24) is 5.32 Å². The van der Waals surface area contributed by atoms with Crippen LogP contribution >= 0.6 is 11.8 Å². The molecule has 0 radical (unpaired) electrons. The minimum absolute atomic E-state index is 0.574. The van der Waals surface area contributed by atoms with Gasteiger partial charge in [0.15, 0.2) is 0 Å². The zero-order valence-electron chi connectivity index (χ0n) is 10.5. The molecule has 1 nitrogen and oxygen atoms in total. The van der Waals surface area contributed by atoms with E-state index in [0.29, 0.717) is 4.75 Å². The molecule has 1 rings (SSSR count). The quantitative estimate of drug-likeness (QED) is 0.666. The van der Waals surface area contributed by atoms with Crippen molar-refractivity contribution in [3.05, 3.63) is 0 Å². The average Bonchev–Trinajstić information content (AvgIpc) is 2.30. The molecule has 0 aliphatic heterocycles. The van der Waals surface area contributed by atoms with Crippen LogP contribution in [0.4, 0.5) is 0 Å². The van der Waals surface area contributed by atoms with E-state index in [1.807, 2.05) is 0 Å². The first-order valence-electron chi connectivity index (χ1n) is 6.59. The minimum atomic E-state index is 0.574. The normalized spacial score (nSPS) is 20.4. The molecule has 1 saturated carbocycles. The fraction of sp³-hybridized carbons (Fsp3) is 1.00. The summed E-state index contributed by atoms with van der Waals surface area (Å²) in [4.78, 5) is 0. The van der Waals surface area contributed by atoms with Gasteiger partial charge in [0.2, 0.25) is 0 Å². The van der Waals surface area contributed by atoms with E-state index in [4.69, 9.17) is 0 Å². The van der Waals surface area contributed by atoms with Crippen molar-refractivity contribution in [3.8, 4) is 0 Å². The molecule has 0 unspecified atom stereocenters. The van der Waals surface area contributed by atoms with Crippen molar-refractivity contribution < 1.29 is 0 Å². The lowest BCUT2D eigenvalue weighted by Gasteiger charge is -2.36. The van der Waals surface area contributed by atoms with Crippen molar-refractivity contribution in [2.75, 3.05) is 19.3 Å². The summed E-state index contributed by atoms with van der Waals surface area (Å²) >= 11 is 2.09. The smallest absolute Gasteiger partial charge is 0.0281 e. The predicted octanol–water partition coefficient (Wildman–Crippen LogP) is 3.83. The van der Waals surface area contributed by atoms with Crippen molar-refractivity contribution in [1.29, 1.82) is 0 Å². The molecule has 1 fully saturated rings. The summed E-state index contributed by atoms with van der Waals surface area (Å²) in [6, 6.07) is 0. The highest BCUT2D eigenvalue weighted by atomic mass is 32.2. The predicted molar refractivity (Wildman–Crippen MR) is 71.7 cm³/mol. The number of hydrogen-bond acceptors (Lipinski definition) is 2. The lowest BCUT2D eigenvalue weighted by molar-refractivity contribution is 0.378. The SMILES string of the molecule is CCCCCNCC1(SC)CCCCC1. The Bertz CT molecular complexity index is 153. The summed E-state index contributed by atoms with van der Waals surface area (Å²) in [5, 5.41) is 3.66. The Morgan fingerprint density at radius 3 is 2.47 bits per heavy atom. The molecule has 0 atom stereocenters. The van der Waals surface area contributed by atoms with Gasteiger partial charge in [0, 0.05) is 11.3 Å². The molecule has 0 aromatic carbocycles. The van der Waals surface area contributed by atoms with E-state index >= 15 is 0 Å². The standard InChI is InChI=1S/C13H27NS/c1-3-4-8-11-14-12-13(15-2)9-6-5-7-10-13/h14H,3-12H2,1-2H3. The molecule has 0 spiro atoms. The zero-order valence-corrected chi connectivity index (χ0v) is 11.3. The van der Waals surface area contributed by atoms with E-state index in [1.54, 1.807) is 0 Å². The van der Waals surface area contributed by atoms with E-state index in [0.717, 1.165) is 0 Å². The first kappa shape index (κ1) is 13.4. The molecule has 0 aromatic heterocycles. The van der Waals surface area contributed by atoms with E-state index < -0.39 is 0 Å². The van der Waals surface area contributed by atoms with Crippen LogP contribution in [0.15, 0.2) is 0 Å². The van der Waals surface area contributed by atoms with Crippen LogP contribution in [0.2, 0.25) is 0 Å². The molecule has 2 heteroatoms. The highest BCUT2D eigenvalue weighted by Gasteiger charge is 2.30. The van der Waals surface area contributed by atoms with E-state index in [-0.39, 0.29) is 0 Å². The average molecular weight is 229 g/mol. The summed E-state index contributed by atoms with van der Waals surface area (Å²) in [7, 11) is 0. The number of hydrogen-bond donors (Lipinski definition) is 1. The van der Waals surface area contributed by atoms with Crippen molar-refractivity contribution >= 4 is 11.8 Å². The monoisotopic (exact) mass is 229 g/mol. The second kappa shape index (κ2) is 7.56. The molecule has 90 valence electrons. The maximum atomic E-state index is 3.66. The topological polar surface area (TPSA) is 12.0 Å². The van der Waals surface area contributed by atoms with Crippen LogP contribution in [0.5, 0.6) is 0 Å². The highest BCUT2D eigenvalue weighted by Crippen LogP contribution is 2.37. The van der Waals surface area contributed by atoms with Crippen LogP contribution in [0.3, 0.4) is 0 Å². The lowest BCUT2D eigenvalue weighted by Crippen LogP contribution is -2.39. The van der Waals surface area contributed by atoms with Crippen LogP contribution in [-0.2, 0) is 0 Å². The van der Waals surface area contributed by atoms with Gasteiger partial charge in [-0.05, 0) is 32.1 Å². The second-order valence-electron chi connectivity index (χ2n) is 4.83. The molecule has 0 heterocycles. The molecule has 1 aliphatic carbocycles. The first-order valence-corrected chi connectivity index (χ1v) is 7.81. The number of nitrogens with one attached hydrogen (secondary N) is 1. The van der Waals surface area contributed by atoms with Gasteiger partial charge in [-0.1, -0.05) is 39.0 Å². The van der Waals surface area contributed by atoms with Crippen molar-refractivity contribution in [2.24, 2.45) is 0 Å². The van der Waals surface area contributed by atoms with Gasteiger partial charge in [-0.25, -0.2) is 0 Å². The molecule has 0 aromatic rings. The van der Waals surface area contributed by atoms with Gasteiger partial charge < -0.3 is 5.32 Å². The van der Waals surface area contributed by atoms with Gasteiger partial charge in [0.1, 0.15) is 0 Å². The number of unbranched alkanes of at least 4 members (excludes halogenated alkanes) is 2. The molecule has 0 amide bonds. The molecule has 1 aliphatic rings. The Kier molecular flexibility index (Phi) is 6.74. The Morgan fingerprint density at radius 2 is 1.87 bits per heavy atom. The van der Waals surface area contributed by atoms with Crippen molar-refractivity contribution in [2.45, 2.75) is 63.0 Å². The first-order chi connectivity index (χ1) is 7.33. The second-order valence-corrected chi connectivity index (χ2v) is 6.11. The summed E-state index contributed by atoms with van der Waals surface area (Å²) in [6.07, 6.45) is 13.5. The molecule has 15 heavy (non-hydrogen) atoms. The summed E-state index contributed by atoms with van der Waals surface area (Å²) in [5.74, 6) is 0. The van der Waals surface area contributed by atoms with E-state index in [9.17, 15) is 0 Å². The van der Waals surface area contributed by atoms with Gasteiger partial charge in [0.25, 0.3) is 0 Å². The third-order valence-corrected chi connectivity index (χ3v) is 5.02. The van der Waals surface area contributed by atoms with Gasteiger partial charge in [-0.3, -0.25) is 0 Å². The van der Waals surface area contributed by atoms with Crippen LogP contribution in [0.25, 0.3) is 0 Å². The number of thioether (sulfide) groups is 1. The Balaban J connectivity index is 2.15. The maximum absolute atomic E-state index is 3.66. The number of rotatable bonds is 7. The van der Waals surface area contributed by atoms with Gasteiger partial charge in [0.05, 0.1) is 0 Å². The summed E-state index contributed by atoms with van der Waals surface area (Å²) in [5.41, 5.74) is 0. The molecule has 0 saturated heterocycles. The Labute approximate surface area is 99.8 Å². The van der Waals surface area contributed by atoms with Gasteiger partial charge >= 0.3 is 0 Å². The summed E-state index contributed by atoms with van der Waals surface area (Å²) in [6.45, 7) is 4.72.